The number of halogens is 3. The molecule has 38 heavy (non-hydrogen) atoms. The van der Waals surface area contributed by atoms with E-state index in [2.05, 4.69) is 45.7 Å². The van der Waals surface area contributed by atoms with E-state index in [9.17, 15) is 8.78 Å². The third-order valence-corrected chi connectivity index (χ3v) is 8.42. The van der Waals surface area contributed by atoms with Crippen molar-refractivity contribution in [2.24, 2.45) is 0 Å². The van der Waals surface area contributed by atoms with Crippen molar-refractivity contribution in [1.82, 2.24) is 9.55 Å². The van der Waals surface area contributed by atoms with Crippen LogP contribution in [0, 0.1) is 11.6 Å². The van der Waals surface area contributed by atoms with E-state index in [1.165, 1.54) is 6.20 Å². The summed E-state index contributed by atoms with van der Waals surface area (Å²) in [5.74, 6) is -1.60. The largest absolute Gasteiger partial charge is 0.450 e. The molecular formula is C27H27BrF2N3O3S2+. The van der Waals surface area contributed by atoms with E-state index in [0.717, 1.165) is 18.6 Å². The summed E-state index contributed by atoms with van der Waals surface area (Å²) >= 11 is 8.65. The zero-order valence-electron chi connectivity index (χ0n) is 21.0. The number of ether oxygens (including phenoxy) is 3. The molecule has 0 fully saturated rings. The molecule has 0 bridgehead atoms. The standard InChI is InChI=1S/C27H26BrF2N3O3S2/c1-17(38(2)3)10-12-34-16-33-15-20(28)24-23(9-11-31-26(24)33)36-25-21(29)13-18(14-22(25)30)32-27(37)35-19-7-5-4-6-8-19/h4-9,11,13-15,17H,10,12,16H2,1-3H3/p+1/t17-/m1/s1. The Balaban J connectivity index is 1.47. The van der Waals surface area contributed by atoms with E-state index in [-0.39, 0.29) is 16.6 Å². The van der Waals surface area contributed by atoms with Crippen molar-refractivity contribution in [3.05, 3.63) is 77.0 Å². The fourth-order valence-corrected chi connectivity index (χ4v) is 4.95. The Kier molecular flexibility index (Phi) is 9.59. The monoisotopic (exact) mass is 622 g/mol. The third kappa shape index (κ3) is 7.02. The zero-order chi connectivity index (χ0) is 27.2. The van der Waals surface area contributed by atoms with E-state index >= 15 is 0 Å². The predicted octanol–water partition coefficient (Wildman–Crippen LogP) is 7.28. The van der Waals surface area contributed by atoms with Gasteiger partial charge >= 0.3 is 0 Å². The molecule has 0 spiro atoms. The minimum atomic E-state index is -0.904. The molecule has 0 aliphatic rings. The van der Waals surface area contributed by atoms with Crippen molar-refractivity contribution in [2.45, 2.75) is 25.3 Å². The second-order valence-corrected chi connectivity index (χ2v) is 12.5. The molecular weight excluding hydrogens is 596 g/mol. The first-order valence-electron chi connectivity index (χ1n) is 11.7. The minimum Gasteiger partial charge on any atom is -0.450 e. The molecule has 2 aromatic carbocycles. The van der Waals surface area contributed by atoms with Crippen LogP contribution in [0.15, 0.2) is 65.4 Å². The lowest BCUT2D eigenvalue weighted by atomic mass is 10.2. The van der Waals surface area contributed by atoms with Gasteiger partial charge in [0.2, 0.25) is 0 Å². The van der Waals surface area contributed by atoms with Crippen LogP contribution in [0.5, 0.6) is 17.2 Å². The van der Waals surface area contributed by atoms with Crippen molar-refractivity contribution in [1.29, 1.82) is 0 Å². The van der Waals surface area contributed by atoms with Gasteiger partial charge in [0.25, 0.3) is 5.17 Å². The van der Waals surface area contributed by atoms with Crippen LogP contribution < -0.4 is 14.8 Å². The SMILES string of the molecule is C[C@H](CCOCn1cc(Br)c2c(Oc3c(F)cc(NC(=S)Oc4ccccc4)cc3F)ccnc21)[S+](C)C. The van der Waals surface area contributed by atoms with Gasteiger partial charge in [0.05, 0.1) is 24.5 Å². The molecule has 11 heteroatoms. The van der Waals surface area contributed by atoms with Gasteiger partial charge in [0.15, 0.2) is 17.4 Å². The number of para-hydroxylation sites is 1. The van der Waals surface area contributed by atoms with E-state index in [1.54, 1.807) is 30.3 Å². The second-order valence-electron chi connectivity index (χ2n) is 8.67. The van der Waals surface area contributed by atoms with Crippen molar-refractivity contribution >= 4 is 60.9 Å². The Labute approximate surface area is 236 Å². The van der Waals surface area contributed by atoms with Gasteiger partial charge in [0.1, 0.15) is 29.1 Å². The van der Waals surface area contributed by atoms with Crippen LogP contribution >= 0.6 is 28.1 Å². The highest BCUT2D eigenvalue weighted by Gasteiger charge is 2.20. The molecule has 0 saturated heterocycles. The summed E-state index contributed by atoms with van der Waals surface area (Å²) in [4.78, 5) is 4.42. The van der Waals surface area contributed by atoms with Crippen molar-refractivity contribution < 1.29 is 23.0 Å². The topological polar surface area (TPSA) is 57.5 Å². The summed E-state index contributed by atoms with van der Waals surface area (Å²) in [6.45, 7) is 3.13. The molecule has 0 unspecified atom stereocenters. The lowest BCUT2D eigenvalue weighted by molar-refractivity contribution is 0.0779. The number of aromatic nitrogens is 2. The number of thiocarbonyl (C=S) groups is 1. The lowest BCUT2D eigenvalue weighted by Gasteiger charge is -2.13. The quantitative estimate of drug-likeness (QED) is 0.114. The van der Waals surface area contributed by atoms with Crippen molar-refractivity contribution in [2.75, 3.05) is 24.4 Å². The Morgan fingerprint density at radius 2 is 1.87 bits per heavy atom. The van der Waals surface area contributed by atoms with E-state index in [0.29, 0.717) is 50.7 Å². The van der Waals surface area contributed by atoms with Crippen LogP contribution in [0.25, 0.3) is 11.0 Å². The molecule has 200 valence electrons. The summed E-state index contributed by atoms with van der Waals surface area (Å²) in [7, 11) is 0.333. The first kappa shape index (κ1) is 28.3. The molecule has 0 aliphatic carbocycles. The Bertz CT molecular complexity index is 1400. The number of fused-ring (bicyclic) bond motifs is 1. The molecule has 4 aromatic rings. The molecule has 1 atom stereocenters. The Morgan fingerprint density at radius 1 is 1.16 bits per heavy atom. The summed E-state index contributed by atoms with van der Waals surface area (Å²) in [6, 6.07) is 12.6. The third-order valence-electron chi connectivity index (χ3n) is 5.79. The van der Waals surface area contributed by atoms with Gasteiger partial charge in [-0.3, -0.25) is 0 Å². The summed E-state index contributed by atoms with van der Waals surface area (Å²) in [5, 5.41) is 3.79. The number of hydrogen-bond donors (Lipinski definition) is 1. The number of hydrogen-bond acceptors (Lipinski definition) is 5. The first-order chi connectivity index (χ1) is 18.2. The van der Waals surface area contributed by atoms with Gasteiger partial charge in [-0.1, -0.05) is 18.2 Å². The average molecular weight is 624 g/mol. The van der Waals surface area contributed by atoms with Gasteiger partial charge in [-0.25, -0.2) is 13.8 Å². The van der Waals surface area contributed by atoms with Gasteiger partial charge in [0, 0.05) is 41.1 Å². The molecule has 0 saturated carbocycles. The molecule has 4 rings (SSSR count). The van der Waals surface area contributed by atoms with Crippen LogP contribution in [0.4, 0.5) is 14.5 Å². The van der Waals surface area contributed by atoms with Crippen LogP contribution in [0.2, 0.25) is 0 Å². The number of rotatable bonds is 10. The second kappa shape index (κ2) is 12.9. The van der Waals surface area contributed by atoms with Crippen LogP contribution in [-0.2, 0) is 22.4 Å². The van der Waals surface area contributed by atoms with Gasteiger partial charge in [-0.2, -0.15) is 0 Å². The number of pyridine rings is 1. The maximum absolute atomic E-state index is 15.0. The highest BCUT2D eigenvalue weighted by atomic mass is 79.9. The highest BCUT2D eigenvalue weighted by Crippen LogP contribution is 2.37. The molecule has 0 aliphatic heterocycles. The molecule has 2 heterocycles. The number of nitrogens with zero attached hydrogens (tertiary/aromatic N) is 2. The summed E-state index contributed by atoms with van der Waals surface area (Å²) < 4.78 is 49.5. The maximum atomic E-state index is 15.0. The fraction of sp³-hybridized carbons (Fsp3) is 0.259. The van der Waals surface area contributed by atoms with Crippen LogP contribution in [0.3, 0.4) is 0 Å². The van der Waals surface area contributed by atoms with Crippen molar-refractivity contribution in [3.8, 4) is 17.2 Å². The molecule has 0 radical (unpaired) electrons. The fourth-order valence-electron chi connectivity index (χ4n) is 3.55. The van der Waals surface area contributed by atoms with Crippen LogP contribution in [-0.4, -0.2) is 39.1 Å². The highest BCUT2D eigenvalue weighted by molar-refractivity contribution is 9.10. The first-order valence-corrected chi connectivity index (χ1v) is 15.0. The summed E-state index contributed by atoms with van der Waals surface area (Å²) in [6.07, 6.45) is 8.74. The molecule has 6 nitrogen and oxygen atoms in total. The van der Waals surface area contributed by atoms with Crippen molar-refractivity contribution in [3.63, 3.8) is 0 Å². The normalized spacial score (nSPS) is 12.1. The van der Waals surface area contributed by atoms with Crippen LogP contribution in [0.1, 0.15) is 13.3 Å². The lowest BCUT2D eigenvalue weighted by Crippen LogP contribution is -2.17. The minimum absolute atomic E-state index is 0.0499. The smallest absolute Gasteiger partial charge is 0.266 e. The van der Waals surface area contributed by atoms with Gasteiger partial charge in [-0.05, 0) is 64.2 Å². The molecule has 2 aromatic heterocycles. The van der Waals surface area contributed by atoms with Gasteiger partial charge < -0.3 is 24.1 Å². The summed E-state index contributed by atoms with van der Waals surface area (Å²) in [5.41, 5.74) is 0.653. The number of nitrogens with one attached hydrogen (secondary N) is 1. The van der Waals surface area contributed by atoms with E-state index in [4.69, 9.17) is 26.4 Å². The predicted molar refractivity (Wildman–Crippen MR) is 156 cm³/mol. The van der Waals surface area contributed by atoms with Gasteiger partial charge in [-0.15, -0.1) is 0 Å². The van der Waals surface area contributed by atoms with E-state index in [1.807, 2.05) is 16.8 Å². The molecule has 0 amide bonds. The zero-order valence-corrected chi connectivity index (χ0v) is 24.3. The van der Waals surface area contributed by atoms with E-state index < -0.39 is 17.4 Å². The Morgan fingerprint density at radius 3 is 2.55 bits per heavy atom. The average Bonchev–Trinajstić information content (AvgIpc) is 3.20. The number of benzene rings is 2. The number of anilines is 1. The Hall–Kier alpha value is -2.73. The molecule has 1 N–H and O–H groups in total. The maximum Gasteiger partial charge on any atom is 0.266 e.